The highest BCUT2D eigenvalue weighted by Gasteiger charge is 2.16. The van der Waals surface area contributed by atoms with Gasteiger partial charge in [0.2, 0.25) is 0 Å². The van der Waals surface area contributed by atoms with Crippen LogP contribution in [0.1, 0.15) is 25.7 Å². The summed E-state index contributed by atoms with van der Waals surface area (Å²) in [4.78, 5) is 0. The summed E-state index contributed by atoms with van der Waals surface area (Å²) in [5.41, 5.74) is 5.71. The maximum Gasteiger partial charge on any atom is 0.0176 e. The van der Waals surface area contributed by atoms with Crippen LogP contribution in [-0.4, -0.2) is 12.1 Å². The molecule has 0 radical (unpaired) electrons. The van der Waals surface area contributed by atoms with Crippen LogP contribution in [0.25, 0.3) is 0 Å². The fourth-order valence-corrected chi connectivity index (χ4v) is 1.69. The maximum absolute atomic E-state index is 5.71. The molecule has 0 spiro atoms. The van der Waals surface area contributed by atoms with Crippen molar-refractivity contribution in [2.75, 3.05) is 0 Å². The molecule has 0 atom stereocenters. The average molecular weight is 193 g/mol. The van der Waals surface area contributed by atoms with E-state index in [2.05, 4.69) is 20.5 Å². The predicted molar refractivity (Wildman–Crippen MR) is 42.3 cm³/mol. The Morgan fingerprint density at radius 1 is 1.22 bits per heavy atom. The van der Waals surface area contributed by atoms with Gasteiger partial charge in [0.15, 0.2) is 0 Å². The van der Waals surface area contributed by atoms with E-state index in [1.54, 1.807) is 0 Å². The molecule has 1 fully saturated rings. The summed E-state index contributed by atoms with van der Waals surface area (Å²) in [6, 6.07) is 1.12. The summed E-state index contributed by atoms with van der Waals surface area (Å²) in [5, 5.41) is 0. The molecule has 0 amide bonds. The van der Waals surface area contributed by atoms with Crippen molar-refractivity contribution in [1.82, 2.24) is 4.34 Å². The highest BCUT2D eigenvalue weighted by molar-refractivity contribution is 9.08. The van der Waals surface area contributed by atoms with Gasteiger partial charge in [-0.25, -0.2) is 0 Å². The molecule has 0 aromatic carbocycles. The first-order chi connectivity index (χ1) is 4.33. The Kier molecular flexibility index (Phi) is 2.95. The Morgan fingerprint density at radius 2 is 1.78 bits per heavy atom. The summed E-state index contributed by atoms with van der Waals surface area (Å²) in [5.74, 6) is 0. The van der Waals surface area contributed by atoms with Crippen molar-refractivity contribution in [2.45, 2.75) is 37.8 Å². The molecule has 1 saturated carbocycles. The quantitative estimate of drug-likeness (QED) is 0.613. The molecule has 3 N–H and O–H groups in total. The molecule has 0 saturated heterocycles. The molecule has 0 unspecified atom stereocenters. The monoisotopic (exact) mass is 192 g/mol. The van der Waals surface area contributed by atoms with E-state index in [4.69, 9.17) is 5.73 Å². The fourth-order valence-electron chi connectivity index (χ4n) is 1.23. The number of halogens is 1. The minimum atomic E-state index is 0.460. The molecule has 0 aliphatic heterocycles. The van der Waals surface area contributed by atoms with Gasteiger partial charge in [-0.1, -0.05) is 0 Å². The van der Waals surface area contributed by atoms with E-state index in [0.29, 0.717) is 12.1 Å². The molecule has 1 rings (SSSR count). The zero-order valence-corrected chi connectivity index (χ0v) is 7.02. The van der Waals surface area contributed by atoms with E-state index in [-0.39, 0.29) is 0 Å². The fraction of sp³-hybridized carbons (Fsp3) is 1.00. The predicted octanol–water partition coefficient (Wildman–Crippen LogP) is 1.16. The first-order valence-corrected chi connectivity index (χ1v) is 4.24. The molecule has 0 bridgehead atoms. The molecule has 1 aliphatic rings. The van der Waals surface area contributed by atoms with Gasteiger partial charge in [-0.2, -0.15) is 0 Å². The highest BCUT2D eigenvalue weighted by atomic mass is 79.9. The molecule has 54 valence electrons. The molecule has 2 nitrogen and oxygen atoms in total. The van der Waals surface area contributed by atoms with Gasteiger partial charge in [-0.3, -0.25) is 4.34 Å². The normalized spacial score (nSPS) is 36.7. The lowest BCUT2D eigenvalue weighted by Crippen LogP contribution is -2.33. The van der Waals surface area contributed by atoms with Crippen LogP contribution in [0, 0.1) is 0 Å². The molecular weight excluding hydrogens is 180 g/mol. The van der Waals surface area contributed by atoms with Gasteiger partial charge in [0.05, 0.1) is 0 Å². The maximum atomic E-state index is 5.71. The third-order valence-electron chi connectivity index (χ3n) is 1.93. The Bertz CT molecular complexity index is 79.1. The Hall–Kier alpha value is 0.400. The van der Waals surface area contributed by atoms with Crippen molar-refractivity contribution in [3.8, 4) is 0 Å². The number of hydrogen-bond acceptors (Lipinski definition) is 2. The lowest BCUT2D eigenvalue weighted by molar-refractivity contribution is 0.383. The summed E-state index contributed by atoms with van der Waals surface area (Å²) >= 11 is 3.24. The van der Waals surface area contributed by atoms with Gasteiger partial charge < -0.3 is 5.73 Å². The summed E-state index contributed by atoms with van der Waals surface area (Å²) in [6.45, 7) is 0. The van der Waals surface area contributed by atoms with Crippen molar-refractivity contribution < 1.29 is 0 Å². The second-order valence-corrected chi connectivity index (χ2v) is 3.18. The van der Waals surface area contributed by atoms with E-state index in [1.165, 1.54) is 25.7 Å². The summed E-state index contributed by atoms with van der Waals surface area (Å²) < 4.78 is 3.08. The average Bonchev–Trinajstić information content (AvgIpc) is 1.90. The van der Waals surface area contributed by atoms with Crippen molar-refractivity contribution in [1.29, 1.82) is 0 Å². The topological polar surface area (TPSA) is 38.0 Å². The van der Waals surface area contributed by atoms with Crippen LogP contribution in [0.15, 0.2) is 0 Å². The van der Waals surface area contributed by atoms with E-state index in [1.807, 2.05) is 0 Å². The molecule has 3 heteroatoms. The highest BCUT2D eigenvalue weighted by Crippen LogP contribution is 2.17. The molecule has 1 aliphatic carbocycles. The smallest absolute Gasteiger partial charge is 0.0176 e. The van der Waals surface area contributed by atoms with E-state index >= 15 is 0 Å². The van der Waals surface area contributed by atoms with E-state index < -0.39 is 0 Å². The lowest BCUT2D eigenvalue weighted by atomic mass is 9.93. The SMILES string of the molecule is N[C@H]1CC[C@H](NBr)CC1. The van der Waals surface area contributed by atoms with Gasteiger partial charge in [0.1, 0.15) is 0 Å². The van der Waals surface area contributed by atoms with Crippen LogP contribution in [0.2, 0.25) is 0 Å². The van der Waals surface area contributed by atoms with E-state index in [0.717, 1.165) is 0 Å². The summed E-state index contributed by atoms with van der Waals surface area (Å²) in [7, 11) is 0. The second-order valence-electron chi connectivity index (χ2n) is 2.72. The van der Waals surface area contributed by atoms with Crippen molar-refractivity contribution >= 4 is 16.1 Å². The van der Waals surface area contributed by atoms with Gasteiger partial charge in [-0.05, 0) is 25.7 Å². The molecular formula is C6H13BrN2. The van der Waals surface area contributed by atoms with Crippen molar-refractivity contribution in [2.24, 2.45) is 5.73 Å². The lowest BCUT2D eigenvalue weighted by Gasteiger charge is -2.24. The minimum Gasteiger partial charge on any atom is -0.328 e. The zero-order valence-electron chi connectivity index (χ0n) is 5.44. The van der Waals surface area contributed by atoms with E-state index in [9.17, 15) is 0 Å². The van der Waals surface area contributed by atoms with Gasteiger partial charge >= 0.3 is 0 Å². The second kappa shape index (κ2) is 3.54. The Labute approximate surface area is 64.5 Å². The van der Waals surface area contributed by atoms with Crippen LogP contribution < -0.4 is 10.1 Å². The number of nitrogens with one attached hydrogen (secondary N) is 1. The first-order valence-electron chi connectivity index (χ1n) is 3.44. The third kappa shape index (κ3) is 2.24. The minimum absolute atomic E-state index is 0.460. The number of hydrogen-bond donors (Lipinski definition) is 2. The van der Waals surface area contributed by atoms with Gasteiger partial charge in [0.25, 0.3) is 0 Å². The van der Waals surface area contributed by atoms with Crippen LogP contribution in [0.5, 0.6) is 0 Å². The Balaban J connectivity index is 2.18. The third-order valence-corrected chi connectivity index (χ3v) is 2.57. The van der Waals surface area contributed by atoms with Gasteiger partial charge in [-0.15, -0.1) is 0 Å². The molecule has 0 heterocycles. The number of rotatable bonds is 1. The molecule has 9 heavy (non-hydrogen) atoms. The van der Waals surface area contributed by atoms with Crippen LogP contribution in [0.3, 0.4) is 0 Å². The molecule has 0 aromatic heterocycles. The number of nitrogens with two attached hydrogens (primary N) is 1. The van der Waals surface area contributed by atoms with Crippen LogP contribution in [-0.2, 0) is 0 Å². The van der Waals surface area contributed by atoms with Crippen molar-refractivity contribution in [3.05, 3.63) is 0 Å². The van der Waals surface area contributed by atoms with Gasteiger partial charge in [0, 0.05) is 28.2 Å². The first kappa shape index (κ1) is 7.51. The molecule has 0 aromatic rings. The van der Waals surface area contributed by atoms with Crippen molar-refractivity contribution in [3.63, 3.8) is 0 Å². The standard InChI is InChI=1S/C6H13BrN2/c7-9-6-3-1-5(8)2-4-6/h5-6,9H,1-4,8H2/t5-,6-. The summed E-state index contributed by atoms with van der Waals surface area (Å²) in [6.07, 6.45) is 4.77. The van der Waals surface area contributed by atoms with Crippen LogP contribution in [0.4, 0.5) is 0 Å². The largest absolute Gasteiger partial charge is 0.328 e. The van der Waals surface area contributed by atoms with Crippen LogP contribution >= 0.6 is 16.1 Å². The zero-order chi connectivity index (χ0) is 6.69. The Morgan fingerprint density at radius 3 is 2.22 bits per heavy atom.